The molecular formula is C18H27NaO18UZn-6. The van der Waals surface area contributed by atoms with E-state index in [1.807, 2.05) is 0 Å². The average Bonchev–Trinajstić information content (AvgIpc) is 2.39. The molecule has 0 saturated carbocycles. The summed E-state index contributed by atoms with van der Waals surface area (Å²) in [4.78, 5) is 80.0. The topological polar surface area (TPSA) is 361 Å². The maximum absolute atomic E-state index is 8.89. The van der Waals surface area contributed by atoms with Gasteiger partial charge in [0, 0.05) is 84.8 Å². The Kier molecular flexibility index (Phi) is 139. The Balaban J connectivity index is -0.0000000208. The fourth-order valence-corrected chi connectivity index (χ4v) is 0. The number of carbonyl (C=O) groups excluding carboxylic acids is 9. The Bertz CT molecular complexity index is 434. The van der Waals surface area contributed by atoms with Crippen LogP contribution in [-0.2, 0) is 62.6 Å². The van der Waals surface area contributed by atoms with E-state index in [9.17, 15) is 0 Å². The van der Waals surface area contributed by atoms with Crippen molar-refractivity contribution in [2.75, 3.05) is 0 Å². The predicted molar refractivity (Wildman–Crippen MR) is 96.1 cm³/mol. The zero-order valence-corrected chi connectivity index (χ0v) is 32.2. The number of hydrogen-bond acceptors (Lipinski definition) is 18. The number of carbonyl (C=O) groups is 9. The summed E-state index contributed by atoms with van der Waals surface area (Å²) >= 11 is 0. The summed E-state index contributed by atoms with van der Waals surface area (Å²) < 4.78 is 0. The predicted octanol–water partition coefficient (Wildman–Crippen LogP) is -14.2. The van der Waals surface area contributed by atoms with Crippen LogP contribution < -0.4 is 75.5 Å². The van der Waals surface area contributed by atoms with E-state index in [0.717, 1.165) is 62.3 Å². The van der Waals surface area contributed by atoms with Crippen molar-refractivity contribution in [3.63, 3.8) is 0 Å². The van der Waals surface area contributed by atoms with E-state index in [0.29, 0.717) is 0 Å². The molecule has 0 aliphatic carbocycles. The molecule has 0 heterocycles. The van der Waals surface area contributed by atoms with Crippen molar-refractivity contribution in [1.29, 1.82) is 0 Å². The Morgan fingerprint density at radius 3 is 0.282 bits per heavy atom. The molecule has 0 amide bonds. The first-order valence-corrected chi connectivity index (χ1v) is 8.17. The van der Waals surface area contributed by atoms with Crippen LogP contribution >= 0.6 is 0 Å². The van der Waals surface area contributed by atoms with Crippen molar-refractivity contribution in [1.82, 2.24) is 0 Å². The molecule has 39 heavy (non-hydrogen) atoms. The Hall–Kier alpha value is -2.09. The third kappa shape index (κ3) is 9410. The standard InChI is InChI=1S/9C2H4O2.Na.U.Zn/c9*1-2(3)4;;;/h9*1H3,(H,3,4);;;/q;;;;;;;;;+1;;+2/p-9. The van der Waals surface area contributed by atoms with Gasteiger partial charge in [0.1, 0.15) is 0 Å². The summed E-state index contributed by atoms with van der Waals surface area (Å²) in [6.45, 7) is 8.75. The van der Waals surface area contributed by atoms with Gasteiger partial charge in [0.25, 0.3) is 0 Å². The van der Waals surface area contributed by atoms with Crippen LogP contribution in [0.1, 0.15) is 62.3 Å². The molecule has 0 spiro atoms. The largest absolute Gasteiger partial charge is 2.00 e. The van der Waals surface area contributed by atoms with Gasteiger partial charge in [-0.2, -0.15) is 0 Å². The van der Waals surface area contributed by atoms with E-state index >= 15 is 0 Å². The fourth-order valence-electron chi connectivity index (χ4n) is 0. The SMILES string of the molecule is CC(=O)[O-].CC(=O)[O-].CC(=O)[O-].CC(=O)[O-].CC(=O)[O-].CC(=O)[O-].CC(=O)[O-].CC(=O)[O-].CC(=O)[O-].[Na+].[U].[Zn+2]. The first-order valence-electron chi connectivity index (χ1n) is 8.17. The van der Waals surface area contributed by atoms with Crippen LogP contribution in [0.25, 0.3) is 0 Å². The van der Waals surface area contributed by atoms with E-state index in [2.05, 4.69) is 0 Å². The van der Waals surface area contributed by atoms with E-state index in [4.69, 9.17) is 89.1 Å². The van der Waals surface area contributed by atoms with Gasteiger partial charge < -0.3 is 89.1 Å². The molecule has 0 aromatic heterocycles. The smallest absolute Gasteiger partial charge is 0.550 e. The third-order valence-corrected chi connectivity index (χ3v) is 0. The summed E-state index contributed by atoms with van der Waals surface area (Å²) in [7, 11) is 0. The van der Waals surface area contributed by atoms with Crippen molar-refractivity contribution in [2.45, 2.75) is 62.3 Å². The van der Waals surface area contributed by atoms with Crippen molar-refractivity contribution >= 4 is 53.7 Å². The van der Waals surface area contributed by atoms with E-state index in [-0.39, 0.29) is 80.1 Å². The van der Waals surface area contributed by atoms with Crippen LogP contribution in [0.15, 0.2) is 0 Å². The molecule has 0 saturated heterocycles. The first kappa shape index (κ1) is 76.7. The van der Waals surface area contributed by atoms with Gasteiger partial charge in [-0.3, -0.25) is 0 Å². The van der Waals surface area contributed by atoms with Gasteiger partial charge in [-0.15, -0.1) is 0 Å². The Morgan fingerprint density at radius 1 is 0.282 bits per heavy atom. The summed E-state index contributed by atoms with van der Waals surface area (Å²) in [5.41, 5.74) is 0. The van der Waals surface area contributed by atoms with Crippen LogP contribution in [0.3, 0.4) is 0 Å². The van der Waals surface area contributed by atoms with Gasteiger partial charge in [0.2, 0.25) is 0 Å². The molecule has 0 aromatic rings. The molecule has 0 N–H and O–H groups in total. The summed E-state index contributed by atoms with van der Waals surface area (Å²) in [5, 5.41) is 80.0. The van der Waals surface area contributed by atoms with Crippen molar-refractivity contribution in [3.8, 4) is 0 Å². The second kappa shape index (κ2) is 70.5. The zero-order chi connectivity index (χ0) is 32.2. The van der Waals surface area contributed by atoms with Crippen LogP contribution in [0.5, 0.6) is 0 Å². The van der Waals surface area contributed by atoms with Gasteiger partial charge in [-0.1, -0.05) is 0 Å². The van der Waals surface area contributed by atoms with Crippen molar-refractivity contribution < 1.29 is 169 Å². The van der Waals surface area contributed by atoms with E-state index < -0.39 is 53.7 Å². The molecule has 0 rings (SSSR count). The van der Waals surface area contributed by atoms with Gasteiger partial charge >= 0.3 is 49.0 Å². The monoisotopic (exact) mass is 856 g/mol. The molecule has 0 radical (unpaired) electrons. The van der Waals surface area contributed by atoms with Crippen molar-refractivity contribution in [2.24, 2.45) is 0 Å². The minimum absolute atomic E-state index is 0. The molecule has 0 fully saturated rings. The average molecular weight is 858 g/mol. The molecule has 0 atom stereocenters. The Labute approximate surface area is 283 Å². The summed E-state index contributed by atoms with van der Waals surface area (Å²) in [6.07, 6.45) is 0. The Morgan fingerprint density at radius 2 is 0.282 bits per heavy atom. The van der Waals surface area contributed by atoms with Gasteiger partial charge in [0.05, 0.1) is 0 Å². The number of hydrogen-bond donors (Lipinski definition) is 0. The summed E-state index contributed by atoms with van der Waals surface area (Å²) in [6, 6.07) is 0. The molecule has 0 aliphatic heterocycles. The molecular weight excluding hydrogens is 831 g/mol. The molecule has 220 valence electrons. The van der Waals surface area contributed by atoms with Gasteiger partial charge in [-0.05, 0) is 62.3 Å². The van der Waals surface area contributed by atoms with E-state index in [1.165, 1.54) is 0 Å². The van der Waals surface area contributed by atoms with Crippen LogP contribution in [-0.4, -0.2) is 53.7 Å². The summed E-state index contributed by atoms with van der Waals surface area (Å²) in [5.74, 6) is -9.75. The fraction of sp³-hybridized carbons (Fsp3) is 0.500. The van der Waals surface area contributed by atoms with Crippen molar-refractivity contribution in [3.05, 3.63) is 0 Å². The molecule has 21 heteroatoms. The maximum atomic E-state index is 8.89. The molecule has 0 unspecified atom stereocenters. The van der Waals surface area contributed by atoms with Crippen LogP contribution in [0.2, 0.25) is 0 Å². The third-order valence-electron chi connectivity index (χ3n) is 0. The number of carboxylic acids is 9. The normalized spacial score (nSPS) is 5.77. The van der Waals surface area contributed by atoms with E-state index in [1.54, 1.807) is 0 Å². The minimum Gasteiger partial charge on any atom is -0.550 e. The molecule has 18 nitrogen and oxygen atoms in total. The second-order valence-corrected chi connectivity index (χ2v) is 4.42. The second-order valence-electron chi connectivity index (χ2n) is 4.42. The quantitative estimate of drug-likeness (QED) is 0.204. The van der Waals surface area contributed by atoms with Gasteiger partial charge in [0.15, 0.2) is 0 Å². The maximum Gasteiger partial charge on any atom is 2.00 e. The molecule has 0 aromatic carbocycles. The molecule has 0 bridgehead atoms. The van der Waals surface area contributed by atoms with Gasteiger partial charge in [-0.25, -0.2) is 0 Å². The molecule has 0 aliphatic rings. The van der Waals surface area contributed by atoms with Crippen LogP contribution in [0.4, 0.5) is 0 Å². The minimum atomic E-state index is -1.08. The zero-order valence-electron chi connectivity index (χ0n) is 23.1. The number of rotatable bonds is 0. The number of carboxylic acid groups (broad SMARTS) is 9. The van der Waals surface area contributed by atoms with Crippen LogP contribution in [0, 0.1) is 31.1 Å². The first-order chi connectivity index (χ1) is 15.6. The number of aliphatic carboxylic acids is 9.